The van der Waals surface area contributed by atoms with Gasteiger partial charge in [0.25, 0.3) is 0 Å². The summed E-state index contributed by atoms with van der Waals surface area (Å²) in [6, 6.07) is 7.14. The van der Waals surface area contributed by atoms with Gasteiger partial charge in [-0.1, -0.05) is 40.7 Å². The van der Waals surface area contributed by atoms with Crippen LogP contribution in [0.25, 0.3) is 11.3 Å². The maximum atomic E-state index is 13.9. The molecule has 2 heterocycles. The molecule has 0 N–H and O–H groups in total. The molecule has 1 aliphatic rings. The van der Waals surface area contributed by atoms with Gasteiger partial charge in [0.05, 0.1) is 11.2 Å². The van der Waals surface area contributed by atoms with E-state index in [9.17, 15) is 27.6 Å². The molecule has 15 heteroatoms. The molecule has 0 bridgehead atoms. The topological polar surface area (TPSA) is 119 Å². The number of ether oxygens (including phenoxy) is 4. The van der Waals surface area contributed by atoms with Gasteiger partial charge in [0.1, 0.15) is 29.9 Å². The van der Waals surface area contributed by atoms with Crippen molar-refractivity contribution in [3.8, 4) is 11.3 Å². The van der Waals surface area contributed by atoms with Gasteiger partial charge in [-0.2, -0.15) is 0 Å². The average molecular weight is 614 g/mol. The summed E-state index contributed by atoms with van der Waals surface area (Å²) >= 11 is 7.45. The fourth-order valence-corrected chi connectivity index (χ4v) is 5.61. The predicted molar refractivity (Wildman–Crippen MR) is 138 cm³/mol. The lowest BCUT2D eigenvalue weighted by atomic mass is 9.96. The average Bonchev–Trinajstić information content (AvgIpc) is 3.38. The molecule has 4 rings (SSSR count). The fourth-order valence-electron chi connectivity index (χ4n) is 4.20. The van der Waals surface area contributed by atoms with E-state index < -0.39 is 65.1 Å². The highest BCUT2D eigenvalue weighted by atomic mass is 35.5. The number of benzene rings is 2. The lowest BCUT2D eigenvalue weighted by Gasteiger charge is -2.44. The summed E-state index contributed by atoms with van der Waals surface area (Å²) in [5.74, 6) is -6.60. The molecule has 5 atom stereocenters. The summed E-state index contributed by atoms with van der Waals surface area (Å²) in [4.78, 5) is 36.6. The summed E-state index contributed by atoms with van der Waals surface area (Å²) in [5, 5.41) is 8.37. The number of hydrogen-bond acceptors (Lipinski definition) is 10. The van der Waals surface area contributed by atoms with Crippen molar-refractivity contribution in [2.24, 2.45) is 0 Å². The first-order chi connectivity index (χ1) is 19.4. The van der Waals surface area contributed by atoms with Gasteiger partial charge >= 0.3 is 17.9 Å². The number of hydrogen-bond donors (Lipinski definition) is 0. The summed E-state index contributed by atoms with van der Waals surface area (Å²) in [6.45, 7) is 3.13. The van der Waals surface area contributed by atoms with Crippen LogP contribution in [0.4, 0.5) is 13.2 Å². The van der Waals surface area contributed by atoms with Gasteiger partial charge < -0.3 is 18.9 Å². The molecule has 218 valence electrons. The minimum Gasteiger partial charge on any atom is -0.463 e. The maximum absolute atomic E-state index is 13.9. The summed E-state index contributed by atoms with van der Waals surface area (Å²) in [7, 11) is 0. The molecule has 2 aromatic carbocycles. The highest BCUT2D eigenvalue weighted by Gasteiger charge is 2.52. The third-order valence-electron chi connectivity index (χ3n) is 5.85. The van der Waals surface area contributed by atoms with E-state index in [1.807, 2.05) is 0 Å². The highest BCUT2D eigenvalue weighted by Crippen LogP contribution is 2.43. The number of aromatic nitrogens is 3. The normalized spacial score (nSPS) is 22.2. The maximum Gasteiger partial charge on any atom is 0.303 e. The van der Waals surface area contributed by atoms with E-state index in [4.69, 9.17) is 30.5 Å². The molecule has 1 aliphatic heterocycles. The lowest BCUT2D eigenvalue weighted by molar-refractivity contribution is -0.212. The monoisotopic (exact) mass is 613 g/mol. The van der Waals surface area contributed by atoms with Crippen LogP contribution in [0.3, 0.4) is 0 Å². The number of nitrogens with zero attached hydrogens (tertiary/aromatic N) is 3. The van der Waals surface area contributed by atoms with Crippen LogP contribution in [0.5, 0.6) is 0 Å². The van der Waals surface area contributed by atoms with Gasteiger partial charge in [0.15, 0.2) is 29.7 Å². The Labute approximate surface area is 241 Å². The molecule has 1 aromatic heterocycles. The smallest absolute Gasteiger partial charge is 0.303 e. The highest BCUT2D eigenvalue weighted by molar-refractivity contribution is 8.00. The molecule has 3 unspecified atom stereocenters. The summed E-state index contributed by atoms with van der Waals surface area (Å²) in [6.07, 6.45) is -2.29. The van der Waals surface area contributed by atoms with Gasteiger partial charge in [0, 0.05) is 31.2 Å². The Bertz CT molecular complexity index is 1440. The van der Waals surface area contributed by atoms with Crippen molar-refractivity contribution in [1.29, 1.82) is 0 Å². The van der Waals surface area contributed by atoms with Crippen molar-refractivity contribution in [2.45, 2.75) is 55.5 Å². The van der Waals surface area contributed by atoms with E-state index >= 15 is 0 Å². The van der Waals surface area contributed by atoms with Crippen LogP contribution in [-0.2, 0) is 33.3 Å². The largest absolute Gasteiger partial charge is 0.463 e. The third-order valence-corrected chi connectivity index (χ3v) is 7.51. The summed E-state index contributed by atoms with van der Waals surface area (Å²) < 4.78 is 65.2. The molecule has 3 aromatic rings. The second-order valence-corrected chi connectivity index (χ2v) is 10.4. The molecule has 10 nitrogen and oxygen atoms in total. The molecule has 0 amide bonds. The van der Waals surface area contributed by atoms with Gasteiger partial charge in [-0.15, -0.1) is 5.10 Å². The van der Waals surface area contributed by atoms with E-state index in [1.165, 1.54) is 17.8 Å². The molecule has 41 heavy (non-hydrogen) atoms. The van der Waals surface area contributed by atoms with E-state index in [2.05, 4.69) is 10.3 Å². The first-order valence-electron chi connectivity index (χ1n) is 12.1. The van der Waals surface area contributed by atoms with Gasteiger partial charge in [-0.25, -0.2) is 17.9 Å². The van der Waals surface area contributed by atoms with Crippen LogP contribution in [0.2, 0.25) is 5.02 Å². The Morgan fingerprint density at radius 3 is 2.24 bits per heavy atom. The Balaban J connectivity index is 1.82. The van der Waals surface area contributed by atoms with Crippen LogP contribution in [0.1, 0.15) is 26.8 Å². The zero-order chi connectivity index (χ0) is 29.8. The van der Waals surface area contributed by atoms with E-state index in [-0.39, 0.29) is 17.9 Å². The zero-order valence-electron chi connectivity index (χ0n) is 21.8. The minimum absolute atomic E-state index is 0.0655. The Morgan fingerprint density at radius 2 is 1.63 bits per heavy atom. The molecule has 0 saturated carbocycles. The fraction of sp³-hybridized carbons (Fsp3) is 0.346. The third kappa shape index (κ3) is 7.18. The van der Waals surface area contributed by atoms with Crippen LogP contribution >= 0.6 is 23.4 Å². The number of esters is 3. The van der Waals surface area contributed by atoms with Crippen molar-refractivity contribution in [3.05, 3.63) is 65.1 Å². The quantitative estimate of drug-likeness (QED) is 0.204. The second kappa shape index (κ2) is 12.9. The van der Waals surface area contributed by atoms with Crippen LogP contribution in [0.15, 0.2) is 47.5 Å². The predicted octanol–water partition coefficient (Wildman–Crippen LogP) is 4.50. The molecule has 0 spiro atoms. The Kier molecular flexibility index (Phi) is 9.56. The number of halogens is 4. The van der Waals surface area contributed by atoms with Crippen molar-refractivity contribution < 1.29 is 46.5 Å². The number of carbonyl (C=O) groups excluding carboxylic acids is 3. The van der Waals surface area contributed by atoms with Crippen molar-refractivity contribution in [2.75, 3.05) is 6.61 Å². The standard InChI is InChI=1S/C26H23ClF3N3O7S/c1-12(34)37-11-20-24(38-13(2)35)23(33-10-19(31-32-33)15-8-17(28)22(30)18(29)9-15)25(39-14(3)36)26(40-20)41-21-7-5-4-6-16(21)27/h4-10,20,23-26H,11H2,1-3H3/t20?,23?,24-,25?,26+/m0/s1. The van der Waals surface area contributed by atoms with Crippen molar-refractivity contribution in [1.82, 2.24) is 15.0 Å². The second-order valence-electron chi connectivity index (χ2n) is 8.87. The Morgan fingerprint density at radius 1 is 1.00 bits per heavy atom. The van der Waals surface area contributed by atoms with Crippen LogP contribution in [-0.4, -0.2) is 63.3 Å². The molecular formula is C26H23ClF3N3O7S. The number of thioether (sulfide) groups is 1. The number of carbonyl (C=O) groups is 3. The van der Waals surface area contributed by atoms with Crippen LogP contribution in [0, 0.1) is 17.5 Å². The summed E-state index contributed by atoms with van der Waals surface area (Å²) in [5.41, 5.74) is -1.21. The SMILES string of the molecule is CC(=O)OCC1O[C@H](Sc2ccccc2Cl)C(OC(C)=O)C(n2cc(-c3cc(F)c(F)c(F)c3)nn2)[C@H]1OC(C)=O. The Hall–Kier alpha value is -3.62. The minimum atomic E-state index is -1.65. The van der Waals surface area contributed by atoms with Crippen LogP contribution < -0.4 is 0 Å². The van der Waals surface area contributed by atoms with Gasteiger partial charge in [-0.3, -0.25) is 14.4 Å². The molecule has 1 saturated heterocycles. The van der Waals surface area contributed by atoms with Crippen molar-refractivity contribution >= 4 is 41.3 Å². The zero-order valence-corrected chi connectivity index (χ0v) is 23.3. The first-order valence-corrected chi connectivity index (χ1v) is 13.3. The molecule has 1 fully saturated rings. The number of rotatable bonds is 8. The molecule has 0 radical (unpaired) electrons. The van der Waals surface area contributed by atoms with E-state index in [1.54, 1.807) is 24.3 Å². The van der Waals surface area contributed by atoms with Crippen molar-refractivity contribution in [3.63, 3.8) is 0 Å². The lowest BCUT2D eigenvalue weighted by Crippen LogP contribution is -2.57. The first kappa shape index (κ1) is 30.3. The van der Waals surface area contributed by atoms with E-state index in [0.717, 1.165) is 37.7 Å². The molecular weight excluding hydrogens is 591 g/mol. The van der Waals surface area contributed by atoms with Gasteiger partial charge in [0.2, 0.25) is 0 Å². The molecule has 0 aliphatic carbocycles. The van der Waals surface area contributed by atoms with E-state index in [0.29, 0.717) is 9.92 Å². The van der Waals surface area contributed by atoms with Gasteiger partial charge in [-0.05, 0) is 24.3 Å².